The van der Waals surface area contributed by atoms with Crippen LogP contribution in [0.2, 0.25) is 5.02 Å². The van der Waals surface area contributed by atoms with Gasteiger partial charge in [-0.25, -0.2) is 4.79 Å². The van der Waals surface area contributed by atoms with Gasteiger partial charge in [0.15, 0.2) is 5.76 Å². The van der Waals surface area contributed by atoms with Crippen molar-refractivity contribution in [3.05, 3.63) is 52.4 Å². The van der Waals surface area contributed by atoms with E-state index in [1.54, 1.807) is 6.07 Å². The Hall–Kier alpha value is -2.31. The summed E-state index contributed by atoms with van der Waals surface area (Å²) in [5, 5.41) is 11.8. The number of carboxylic acid groups (broad SMARTS) is 1. The van der Waals surface area contributed by atoms with Gasteiger partial charge >= 0.3 is 5.97 Å². The van der Waals surface area contributed by atoms with Crippen LogP contribution in [-0.2, 0) is 6.54 Å². The molecule has 1 heterocycles. The average Bonchev–Trinajstić information content (AvgIpc) is 2.89. The summed E-state index contributed by atoms with van der Waals surface area (Å²) < 4.78 is 5.18. The van der Waals surface area contributed by atoms with Crippen molar-refractivity contribution in [2.75, 3.05) is 5.32 Å². The quantitative estimate of drug-likeness (QED) is 0.802. The first-order valence-electron chi connectivity index (χ1n) is 5.64. The SMILES string of the molecule is NCc1ccc(C(=O)Nc2ccc(Cl)cc2C(=O)O)o1. The zero-order valence-electron chi connectivity index (χ0n) is 10.2. The van der Waals surface area contributed by atoms with Gasteiger partial charge in [-0.3, -0.25) is 4.79 Å². The molecule has 2 aromatic rings. The van der Waals surface area contributed by atoms with Gasteiger partial charge in [-0.15, -0.1) is 0 Å². The maximum absolute atomic E-state index is 11.9. The number of carboxylic acids is 1. The van der Waals surface area contributed by atoms with Crippen LogP contribution in [0.4, 0.5) is 5.69 Å². The topological polar surface area (TPSA) is 106 Å². The van der Waals surface area contributed by atoms with Crippen molar-refractivity contribution in [2.45, 2.75) is 6.54 Å². The second-order valence-corrected chi connectivity index (χ2v) is 4.36. The Morgan fingerprint density at radius 3 is 2.65 bits per heavy atom. The molecule has 104 valence electrons. The number of benzene rings is 1. The molecule has 0 aliphatic heterocycles. The number of aromatic carboxylic acids is 1. The molecule has 0 aliphatic rings. The van der Waals surface area contributed by atoms with Gasteiger partial charge in [0.25, 0.3) is 5.91 Å². The first-order chi connectivity index (χ1) is 9.51. The number of carbonyl (C=O) groups is 2. The highest BCUT2D eigenvalue weighted by atomic mass is 35.5. The van der Waals surface area contributed by atoms with E-state index in [0.717, 1.165) is 0 Å². The number of nitrogens with one attached hydrogen (secondary N) is 1. The van der Waals surface area contributed by atoms with Crippen LogP contribution in [-0.4, -0.2) is 17.0 Å². The third kappa shape index (κ3) is 2.98. The van der Waals surface area contributed by atoms with Gasteiger partial charge in [0, 0.05) is 5.02 Å². The number of hydrogen-bond donors (Lipinski definition) is 3. The van der Waals surface area contributed by atoms with Crippen molar-refractivity contribution >= 4 is 29.2 Å². The maximum atomic E-state index is 11.9. The summed E-state index contributed by atoms with van der Waals surface area (Å²) in [7, 11) is 0. The lowest BCUT2D eigenvalue weighted by molar-refractivity contribution is 0.0698. The maximum Gasteiger partial charge on any atom is 0.337 e. The summed E-state index contributed by atoms with van der Waals surface area (Å²) in [5.41, 5.74) is 5.41. The van der Waals surface area contributed by atoms with Gasteiger partial charge in [-0.05, 0) is 30.3 Å². The predicted octanol–water partition coefficient (Wildman–Crippen LogP) is 2.34. The van der Waals surface area contributed by atoms with E-state index in [1.165, 1.54) is 24.3 Å². The van der Waals surface area contributed by atoms with Crippen LogP contribution in [0.5, 0.6) is 0 Å². The van der Waals surface area contributed by atoms with Crippen molar-refractivity contribution in [1.29, 1.82) is 0 Å². The molecule has 0 saturated heterocycles. The molecular weight excluding hydrogens is 284 g/mol. The first kappa shape index (κ1) is 14.1. The summed E-state index contributed by atoms with van der Waals surface area (Å²) in [4.78, 5) is 23.0. The Balaban J connectivity index is 2.25. The van der Waals surface area contributed by atoms with E-state index in [-0.39, 0.29) is 28.6 Å². The number of halogens is 1. The Bertz CT molecular complexity index is 666. The zero-order valence-corrected chi connectivity index (χ0v) is 11.0. The number of furan rings is 1. The Morgan fingerprint density at radius 2 is 2.05 bits per heavy atom. The van der Waals surface area contributed by atoms with Crippen molar-refractivity contribution in [2.24, 2.45) is 5.73 Å². The molecule has 1 aromatic carbocycles. The Morgan fingerprint density at radius 1 is 1.30 bits per heavy atom. The fourth-order valence-electron chi connectivity index (χ4n) is 1.60. The van der Waals surface area contributed by atoms with Crippen LogP contribution >= 0.6 is 11.6 Å². The predicted molar refractivity (Wildman–Crippen MR) is 73.0 cm³/mol. The summed E-state index contributed by atoms with van der Waals surface area (Å²) in [6, 6.07) is 7.20. The minimum absolute atomic E-state index is 0.0525. The van der Waals surface area contributed by atoms with Gasteiger partial charge in [-0.1, -0.05) is 11.6 Å². The molecule has 0 radical (unpaired) electrons. The fourth-order valence-corrected chi connectivity index (χ4v) is 1.77. The molecule has 7 heteroatoms. The summed E-state index contributed by atoms with van der Waals surface area (Å²) in [5.74, 6) is -1.24. The number of rotatable bonds is 4. The second-order valence-electron chi connectivity index (χ2n) is 3.92. The highest BCUT2D eigenvalue weighted by Crippen LogP contribution is 2.21. The van der Waals surface area contributed by atoms with E-state index in [0.29, 0.717) is 5.76 Å². The van der Waals surface area contributed by atoms with E-state index in [2.05, 4.69) is 5.32 Å². The number of amides is 1. The van der Waals surface area contributed by atoms with Gasteiger partial charge in [0.05, 0.1) is 17.8 Å². The molecule has 0 bridgehead atoms. The second kappa shape index (κ2) is 5.77. The molecule has 0 unspecified atom stereocenters. The van der Waals surface area contributed by atoms with Crippen LogP contribution in [0.25, 0.3) is 0 Å². The van der Waals surface area contributed by atoms with Crippen LogP contribution in [0, 0.1) is 0 Å². The molecular formula is C13H11ClN2O4. The van der Waals surface area contributed by atoms with E-state index >= 15 is 0 Å². The minimum Gasteiger partial charge on any atom is -0.478 e. The monoisotopic (exact) mass is 294 g/mol. The van der Waals surface area contributed by atoms with Crippen molar-refractivity contribution in [3.8, 4) is 0 Å². The minimum atomic E-state index is -1.19. The Labute approximate surface area is 119 Å². The number of anilines is 1. The van der Waals surface area contributed by atoms with E-state index in [1.807, 2.05) is 0 Å². The molecule has 1 aromatic heterocycles. The summed E-state index contributed by atoms with van der Waals surface area (Å²) >= 11 is 5.73. The van der Waals surface area contributed by atoms with Gasteiger partial charge in [-0.2, -0.15) is 0 Å². The smallest absolute Gasteiger partial charge is 0.337 e. The molecule has 0 fully saturated rings. The molecule has 0 atom stereocenters. The molecule has 4 N–H and O–H groups in total. The number of carbonyl (C=O) groups excluding carboxylic acids is 1. The Kier molecular flexibility index (Phi) is 4.07. The van der Waals surface area contributed by atoms with Crippen LogP contribution in [0.3, 0.4) is 0 Å². The van der Waals surface area contributed by atoms with Gasteiger partial charge in [0.1, 0.15) is 5.76 Å². The molecule has 2 rings (SSSR count). The lowest BCUT2D eigenvalue weighted by Gasteiger charge is -2.07. The standard InChI is InChI=1S/C13H11ClN2O4/c14-7-1-3-10(9(5-7)13(18)19)16-12(17)11-4-2-8(6-15)20-11/h1-5H,6,15H2,(H,16,17)(H,18,19). The van der Waals surface area contributed by atoms with Gasteiger partial charge in [0.2, 0.25) is 0 Å². The van der Waals surface area contributed by atoms with Crippen molar-refractivity contribution in [1.82, 2.24) is 0 Å². The highest BCUT2D eigenvalue weighted by molar-refractivity contribution is 6.31. The van der Waals surface area contributed by atoms with E-state index in [4.69, 9.17) is 26.9 Å². The molecule has 0 saturated carbocycles. The van der Waals surface area contributed by atoms with E-state index < -0.39 is 11.9 Å². The fraction of sp³-hybridized carbons (Fsp3) is 0.0769. The average molecular weight is 295 g/mol. The van der Waals surface area contributed by atoms with Gasteiger partial charge < -0.3 is 20.6 Å². The van der Waals surface area contributed by atoms with Crippen molar-refractivity contribution < 1.29 is 19.1 Å². The van der Waals surface area contributed by atoms with Crippen LogP contribution in [0.15, 0.2) is 34.7 Å². The third-order valence-electron chi connectivity index (χ3n) is 2.55. The van der Waals surface area contributed by atoms with E-state index in [9.17, 15) is 9.59 Å². The number of hydrogen-bond acceptors (Lipinski definition) is 4. The van der Waals surface area contributed by atoms with Crippen LogP contribution in [0.1, 0.15) is 26.7 Å². The molecule has 1 amide bonds. The largest absolute Gasteiger partial charge is 0.478 e. The molecule has 20 heavy (non-hydrogen) atoms. The lowest BCUT2D eigenvalue weighted by atomic mass is 10.1. The third-order valence-corrected chi connectivity index (χ3v) is 2.78. The number of nitrogens with two attached hydrogens (primary N) is 1. The lowest BCUT2D eigenvalue weighted by Crippen LogP contribution is -2.14. The molecule has 6 nitrogen and oxygen atoms in total. The first-order valence-corrected chi connectivity index (χ1v) is 6.02. The summed E-state index contributed by atoms with van der Waals surface area (Å²) in [6.45, 7) is 0.175. The summed E-state index contributed by atoms with van der Waals surface area (Å²) in [6.07, 6.45) is 0. The molecule has 0 spiro atoms. The van der Waals surface area contributed by atoms with Crippen molar-refractivity contribution in [3.63, 3.8) is 0 Å². The highest BCUT2D eigenvalue weighted by Gasteiger charge is 2.16. The zero-order chi connectivity index (χ0) is 14.7. The normalized spacial score (nSPS) is 10.3. The molecule has 0 aliphatic carbocycles. The van der Waals surface area contributed by atoms with Crippen LogP contribution < -0.4 is 11.1 Å².